The third-order valence-electron chi connectivity index (χ3n) is 16.0. The number of hydrogen-bond donors (Lipinski definition) is 22. The van der Waals surface area contributed by atoms with Crippen LogP contribution >= 0.6 is 0 Å². The second-order valence-corrected chi connectivity index (χ2v) is 22.1. The molecule has 0 spiro atoms. The van der Waals surface area contributed by atoms with Gasteiger partial charge in [-0.2, -0.15) is 0 Å². The van der Waals surface area contributed by atoms with E-state index in [1.807, 2.05) is 0 Å². The van der Waals surface area contributed by atoms with Gasteiger partial charge in [0.25, 0.3) is 0 Å². The van der Waals surface area contributed by atoms with Gasteiger partial charge in [0.2, 0.25) is 17.7 Å². The van der Waals surface area contributed by atoms with Gasteiger partial charge in [-0.05, 0) is 6.92 Å². The van der Waals surface area contributed by atoms with E-state index in [1.165, 1.54) is 6.92 Å². The molecule has 0 aliphatic carbocycles. The number of amides is 3. The fraction of sp³-hybridized carbons (Fsp3) is 0.939. The normalized spacial score (nSPS) is 48.9. The summed E-state index contributed by atoms with van der Waals surface area (Å²) in [7, 11) is 0. The predicted octanol–water partition coefficient (Wildman–Crippen LogP) is -14.8. The van der Waals surface area contributed by atoms with Gasteiger partial charge in [-0.15, -0.1) is 0 Å². The van der Waals surface area contributed by atoms with Gasteiger partial charge in [-0.1, -0.05) is 0 Å². The maximum atomic E-state index is 12.8. The zero-order valence-electron chi connectivity index (χ0n) is 47.2. The lowest BCUT2D eigenvalue weighted by Gasteiger charge is -2.51. The summed E-state index contributed by atoms with van der Waals surface area (Å²) in [6.07, 6.45) is -61.2. The van der Waals surface area contributed by atoms with E-state index in [-0.39, 0.29) is 0 Å². The minimum atomic E-state index is -2.39. The summed E-state index contributed by atoms with van der Waals surface area (Å²) in [6.45, 7) is -2.12. The molecule has 504 valence electrons. The van der Waals surface area contributed by atoms with E-state index in [2.05, 4.69) is 16.0 Å². The van der Waals surface area contributed by atoms with Crippen LogP contribution in [0.3, 0.4) is 0 Å². The molecule has 0 aromatic carbocycles. The second kappa shape index (κ2) is 31.2. The zero-order valence-corrected chi connectivity index (χ0v) is 47.2. The van der Waals surface area contributed by atoms with Crippen molar-refractivity contribution in [1.82, 2.24) is 16.0 Å². The maximum absolute atomic E-state index is 12.8. The van der Waals surface area contributed by atoms with Crippen LogP contribution in [0.25, 0.3) is 0 Å². The number of ether oxygens (including phenoxy) is 13. The van der Waals surface area contributed by atoms with Crippen molar-refractivity contribution in [3.05, 3.63) is 0 Å². The molecule has 3 amide bonds. The quantitative estimate of drug-likeness (QED) is 0.0479. The number of carbonyl (C=O) groups is 3. The Kier molecular flexibility index (Phi) is 25.6. The van der Waals surface area contributed by atoms with E-state index >= 15 is 0 Å². The molecule has 7 fully saturated rings. The first-order chi connectivity index (χ1) is 41.1. The van der Waals surface area contributed by atoms with Crippen molar-refractivity contribution in [3.8, 4) is 0 Å². The molecule has 38 heteroatoms. The molecule has 7 saturated heterocycles. The van der Waals surface area contributed by atoms with E-state index in [4.69, 9.17) is 61.6 Å². The molecule has 87 heavy (non-hydrogen) atoms. The SMILES string of the molecule is CC(=O)NC1[C@H](OC2C(O)[C@@H](O)C(CO)O[C@H]2O[C@@H]2C(O)[C@H](O[C@H]3C(CO)O[C@@H](O[C@H]4C(CO)O[C@@H](C)C(NC(C)=O)[C@H]4O)C(NC(C)=O)[C@H]3O)OC(CO[C@@H]3OC(CO)[C@H](O)[C@H](O)C3O)[C@@H]2O)OC(CO)[C@H](O[C@@H]2OC(CO)[C@H](O)[C@H](O)C2O)[C@@H]1O. The van der Waals surface area contributed by atoms with Gasteiger partial charge < -0.3 is 175 Å². The minimum absolute atomic E-state index is 0.582. The van der Waals surface area contributed by atoms with Crippen LogP contribution < -0.4 is 16.0 Å². The minimum Gasteiger partial charge on any atom is -0.394 e. The fourth-order valence-electron chi connectivity index (χ4n) is 11.3. The molecule has 38 nitrogen and oxygen atoms in total. The average molecular weight is 1270 g/mol. The van der Waals surface area contributed by atoms with Crippen molar-refractivity contribution in [2.24, 2.45) is 0 Å². The van der Waals surface area contributed by atoms with Crippen LogP contribution in [0.1, 0.15) is 27.7 Å². The van der Waals surface area contributed by atoms with E-state index in [1.54, 1.807) is 0 Å². The molecular formula is C49H83N3O35. The number of nitrogens with one attached hydrogen (secondary N) is 3. The van der Waals surface area contributed by atoms with Gasteiger partial charge in [-0.25, -0.2) is 0 Å². The number of aliphatic hydroxyl groups excluding tert-OH is 19. The highest BCUT2D eigenvalue weighted by molar-refractivity contribution is 5.74. The first-order valence-corrected chi connectivity index (χ1v) is 27.9. The Morgan fingerprint density at radius 1 is 0.310 bits per heavy atom. The maximum Gasteiger partial charge on any atom is 0.217 e. The Bertz CT molecular complexity index is 2180. The molecule has 0 saturated carbocycles. The zero-order chi connectivity index (χ0) is 64.2. The number of aliphatic hydroxyl groups is 19. The smallest absolute Gasteiger partial charge is 0.217 e. The van der Waals surface area contributed by atoms with Gasteiger partial charge in [0.1, 0.15) is 165 Å². The van der Waals surface area contributed by atoms with Gasteiger partial charge in [0.15, 0.2) is 37.7 Å². The molecular weight excluding hydrogens is 1190 g/mol. The molecule has 15 unspecified atom stereocenters. The van der Waals surface area contributed by atoms with E-state index in [9.17, 15) is 111 Å². The van der Waals surface area contributed by atoms with Crippen LogP contribution in [0, 0.1) is 0 Å². The van der Waals surface area contributed by atoms with E-state index in [0.717, 1.165) is 20.8 Å². The van der Waals surface area contributed by atoms with Gasteiger partial charge in [-0.3, -0.25) is 14.4 Å². The summed E-state index contributed by atoms with van der Waals surface area (Å²) >= 11 is 0. The highest BCUT2D eigenvalue weighted by Gasteiger charge is 2.59. The van der Waals surface area contributed by atoms with Crippen LogP contribution in [0.2, 0.25) is 0 Å². The van der Waals surface area contributed by atoms with Crippen LogP contribution in [-0.4, -0.2) is 376 Å². The molecule has 7 heterocycles. The lowest BCUT2D eigenvalue weighted by molar-refractivity contribution is -0.397. The molecule has 7 rings (SSSR count). The molecule has 22 N–H and O–H groups in total. The fourth-order valence-corrected chi connectivity index (χ4v) is 11.3. The summed E-state index contributed by atoms with van der Waals surface area (Å²) in [4.78, 5) is 37.6. The highest BCUT2D eigenvalue weighted by atomic mass is 16.8. The topological polar surface area (TPSA) is 592 Å². The van der Waals surface area contributed by atoms with Crippen molar-refractivity contribution < 1.29 is 173 Å². The monoisotopic (exact) mass is 1270 g/mol. The number of rotatable bonds is 22. The summed E-state index contributed by atoms with van der Waals surface area (Å²) in [5, 5.41) is 215. The highest BCUT2D eigenvalue weighted by Crippen LogP contribution is 2.38. The summed E-state index contributed by atoms with van der Waals surface area (Å²) < 4.78 is 76.3. The van der Waals surface area contributed by atoms with Gasteiger partial charge in [0.05, 0.1) is 58.4 Å². The molecule has 0 aromatic heterocycles. The van der Waals surface area contributed by atoms with Gasteiger partial charge >= 0.3 is 0 Å². The van der Waals surface area contributed by atoms with Crippen molar-refractivity contribution in [3.63, 3.8) is 0 Å². The Labute approximate surface area is 494 Å². The Hall–Kier alpha value is -2.87. The first kappa shape index (κ1) is 71.6. The molecule has 35 atom stereocenters. The van der Waals surface area contributed by atoms with E-state index in [0.29, 0.717) is 0 Å². The summed E-state index contributed by atoms with van der Waals surface area (Å²) in [5.41, 5.74) is 0. The van der Waals surface area contributed by atoms with Crippen LogP contribution in [0.4, 0.5) is 0 Å². The molecule has 0 aromatic rings. The summed E-state index contributed by atoms with van der Waals surface area (Å²) in [6, 6.07) is -4.73. The number of hydrogen-bond acceptors (Lipinski definition) is 35. The van der Waals surface area contributed by atoms with Crippen LogP contribution in [-0.2, 0) is 76.0 Å². The lowest BCUT2D eigenvalue weighted by Crippen LogP contribution is -2.70. The molecule has 0 bridgehead atoms. The third kappa shape index (κ3) is 15.8. The lowest BCUT2D eigenvalue weighted by atomic mass is 9.92. The predicted molar refractivity (Wildman–Crippen MR) is 270 cm³/mol. The summed E-state index contributed by atoms with van der Waals surface area (Å²) in [5.74, 6) is -2.31. The largest absolute Gasteiger partial charge is 0.394 e. The Morgan fingerprint density at radius 3 is 1.08 bits per heavy atom. The van der Waals surface area contributed by atoms with E-state index < -0.39 is 279 Å². The first-order valence-electron chi connectivity index (χ1n) is 27.9. The van der Waals surface area contributed by atoms with Crippen LogP contribution in [0.5, 0.6) is 0 Å². The third-order valence-corrected chi connectivity index (χ3v) is 16.0. The van der Waals surface area contributed by atoms with Crippen molar-refractivity contribution in [2.45, 2.75) is 242 Å². The Morgan fingerprint density at radius 2 is 0.632 bits per heavy atom. The standard InChI is InChI=1S/C49H83N3O35/c1-12-23(50-13(2)59)30(66)39(19(8-56)76-12)83-44-24(51-14(3)60)31(67)41(21(10-58)80-44)85-48-38(74)42(29(65)22(82-48)11-75-46-36(72)33(69)26(62)16(5-53)77-46)86-49-43(35(71)28(64)18(7-55)79-49)87-45-25(52-15(4)61)32(68)40(20(9-57)81-45)84-47-37(73)34(70)27(63)17(6-54)78-47/h12,16-49,53-58,62-74H,5-11H2,1-4H3,(H,50,59)(H,51,60)(H,52,61)/t12-,16?,17?,18?,19?,20?,21?,22?,23?,24?,25?,26-,27-,28-,29-,30+,31+,32+,33-,34-,35?,36?,37?,38?,39-,40-,41-,42-,43?,44-,45-,46+,47-,48-,49-/m0/s1. The van der Waals surface area contributed by atoms with Crippen molar-refractivity contribution >= 4 is 17.7 Å². The Balaban J connectivity index is 1.20. The number of carbonyl (C=O) groups excluding carboxylic acids is 3. The van der Waals surface area contributed by atoms with Crippen molar-refractivity contribution in [2.75, 3.05) is 46.2 Å². The second-order valence-electron chi connectivity index (χ2n) is 22.1. The van der Waals surface area contributed by atoms with Gasteiger partial charge in [0, 0.05) is 20.8 Å². The molecule has 7 aliphatic heterocycles. The average Bonchev–Trinajstić information content (AvgIpc) is 1.27. The van der Waals surface area contributed by atoms with Crippen molar-refractivity contribution in [1.29, 1.82) is 0 Å². The molecule has 0 radical (unpaired) electrons. The molecule has 7 aliphatic rings. The van der Waals surface area contributed by atoms with Crippen LogP contribution in [0.15, 0.2) is 0 Å².